The van der Waals surface area contributed by atoms with Crippen molar-refractivity contribution in [3.63, 3.8) is 0 Å². The van der Waals surface area contributed by atoms with Crippen LogP contribution >= 0.6 is 0 Å². The van der Waals surface area contributed by atoms with Crippen molar-refractivity contribution in [3.05, 3.63) is 5.82 Å². The average Bonchev–Trinajstić information content (AvgIpc) is 2.71. The predicted octanol–water partition coefficient (Wildman–Crippen LogP) is 0.552. The maximum Gasteiger partial charge on any atom is 0.324 e. The molecule has 0 bridgehead atoms. The van der Waals surface area contributed by atoms with Crippen LogP contribution in [0.15, 0.2) is 4.52 Å². The van der Waals surface area contributed by atoms with E-state index in [9.17, 15) is 0 Å². The van der Waals surface area contributed by atoms with Gasteiger partial charge in [-0.1, -0.05) is 5.16 Å². The van der Waals surface area contributed by atoms with Gasteiger partial charge in [0.15, 0.2) is 5.82 Å². The van der Waals surface area contributed by atoms with E-state index < -0.39 is 0 Å². The summed E-state index contributed by atoms with van der Waals surface area (Å²) in [4.78, 5) is 6.36. The maximum absolute atomic E-state index is 5.65. The van der Waals surface area contributed by atoms with Gasteiger partial charge < -0.3 is 15.2 Å². The van der Waals surface area contributed by atoms with Crippen LogP contribution in [0.1, 0.15) is 19.2 Å². The number of rotatable bonds is 2. The van der Waals surface area contributed by atoms with Crippen molar-refractivity contribution in [1.29, 1.82) is 0 Å². The van der Waals surface area contributed by atoms with Gasteiger partial charge in [-0.15, -0.1) is 0 Å². The van der Waals surface area contributed by atoms with Crippen LogP contribution in [-0.4, -0.2) is 29.3 Å². The molecule has 0 aliphatic carbocycles. The molecule has 2 heterocycles. The minimum absolute atomic E-state index is 0.448. The predicted molar refractivity (Wildman–Crippen MR) is 53.0 cm³/mol. The molecular weight excluding hydrogens is 180 g/mol. The zero-order valence-corrected chi connectivity index (χ0v) is 8.60. The van der Waals surface area contributed by atoms with Crippen molar-refractivity contribution in [2.24, 2.45) is 11.7 Å². The van der Waals surface area contributed by atoms with E-state index in [0.717, 1.165) is 19.5 Å². The Kier molecular flexibility index (Phi) is 2.41. The highest BCUT2D eigenvalue weighted by Gasteiger charge is 2.31. The molecule has 2 rings (SSSR count). The van der Waals surface area contributed by atoms with E-state index in [0.29, 0.717) is 23.8 Å². The summed E-state index contributed by atoms with van der Waals surface area (Å²) in [7, 11) is 0. The number of anilines is 1. The second kappa shape index (κ2) is 3.57. The van der Waals surface area contributed by atoms with Gasteiger partial charge in [0.05, 0.1) is 0 Å². The lowest BCUT2D eigenvalue weighted by Crippen LogP contribution is -2.27. The molecule has 1 saturated heterocycles. The van der Waals surface area contributed by atoms with Crippen LogP contribution in [0.5, 0.6) is 0 Å². The van der Waals surface area contributed by atoms with Crippen LogP contribution in [-0.2, 0) is 0 Å². The standard InChI is InChI=1S/C9H16N4O/c1-6-3-8(4-10)5-13(6)9-11-7(2)12-14-9/h6,8H,3-5,10H2,1-2H3. The molecule has 78 valence electrons. The van der Waals surface area contributed by atoms with Gasteiger partial charge >= 0.3 is 6.01 Å². The molecular formula is C9H16N4O. The number of nitrogens with zero attached hydrogens (tertiary/aromatic N) is 3. The van der Waals surface area contributed by atoms with Crippen molar-refractivity contribution in [2.45, 2.75) is 26.3 Å². The number of hydrogen-bond acceptors (Lipinski definition) is 5. The molecule has 5 heteroatoms. The fourth-order valence-electron chi connectivity index (χ4n) is 1.98. The van der Waals surface area contributed by atoms with Crippen molar-refractivity contribution in [3.8, 4) is 0 Å². The summed E-state index contributed by atoms with van der Waals surface area (Å²) in [6, 6.07) is 1.08. The first-order chi connectivity index (χ1) is 6.70. The minimum Gasteiger partial charge on any atom is -0.330 e. The van der Waals surface area contributed by atoms with Crippen LogP contribution in [0.3, 0.4) is 0 Å². The lowest BCUT2D eigenvalue weighted by atomic mass is 10.1. The molecule has 1 aliphatic rings. The van der Waals surface area contributed by atoms with Crippen molar-refractivity contribution < 1.29 is 4.52 Å². The molecule has 2 unspecified atom stereocenters. The first kappa shape index (κ1) is 9.45. The first-order valence-electron chi connectivity index (χ1n) is 4.97. The van der Waals surface area contributed by atoms with Gasteiger partial charge in [0, 0.05) is 12.6 Å². The lowest BCUT2D eigenvalue weighted by molar-refractivity contribution is 0.407. The highest BCUT2D eigenvalue weighted by Crippen LogP contribution is 2.26. The summed E-state index contributed by atoms with van der Waals surface area (Å²) < 4.78 is 5.14. The van der Waals surface area contributed by atoms with Crippen molar-refractivity contribution in [2.75, 3.05) is 18.0 Å². The Morgan fingerprint density at radius 2 is 2.43 bits per heavy atom. The SMILES string of the molecule is Cc1noc(N2CC(CN)CC2C)n1. The Hall–Kier alpha value is -1.10. The third-order valence-corrected chi connectivity index (χ3v) is 2.76. The minimum atomic E-state index is 0.448. The van der Waals surface area contributed by atoms with Crippen LogP contribution < -0.4 is 10.6 Å². The number of hydrogen-bond donors (Lipinski definition) is 1. The first-order valence-corrected chi connectivity index (χ1v) is 4.97. The summed E-state index contributed by atoms with van der Waals surface area (Å²) in [6.45, 7) is 5.65. The Balaban J connectivity index is 2.12. The van der Waals surface area contributed by atoms with E-state index in [-0.39, 0.29) is 0 Å². The largest absolute Gasteiger partial charge is 0.330 e. The number of nitrogens with two attached hydrogens (primary N) is 1. The van der Waals surface area contributed by atoms with E-state index in [2.05, 4.69) is 22.0 Å². The zero-order valence-electron chi connectivity index (χ0n) is 8.60. The second-order valence-corrected chi connectivity index (χ2v) is 3.96. The average molecular weight is 196 g/mol. The molecule has 5 nitrogen and oxygen atoms in total. The van der Waals surface area contributed by atoms with Gasteiger partial charge in [-0.05, 0) is 32.7 Å². The molecule has 2 N–H and O–H groups in total. The van der Waals surface area contributed by atoms with E-state index in [1.165, 1.54) is 0 Å². The van der Waals surface area contributed by atoms with Crippen LogP contribution in [0.25, 0.3) is 0 Å². The molecule has 2 atom stereocenters. The second-order valence-electron chi connectivity index (χ2n) is 3.96. The summed E-state index contributed by atoms with van der Waals surface area (Å²) in [5, 5.41) is 3.79. The monoisotopic (exact) mass is 196 g/mol. The molecule has 1 fully saturated rings. The van der Waals surface area contributed by atoms with E-state index in [4.69, 9.17) is 10.3 Å². The summed E-state index contributed by atoms with van der Waals surface area (Å²) in [5.74, 6) is 1.24. The molecule has 0 aromatic carbocycles. The summed E-state index contributed by atoms with van der Waals surface area (Å²) in [5.41, 5.74) is 5.65. The van der Waals surface area contributed by atoms with E-state index >= 15 is 0 Å². The van der Waals surface area contributed by atoms with Crippen LogP contribution in [0.4, 0.5) is 6.01 Å². The van der Waals surface area contributed by atoms with Gasteiger partial charge in [0.25, 0.3) is 0 Å². The molecule has 0 amide bonds. The topological polar surface area (TPSA) is 68.2 Å². The Morgan fingerprint density at radius 3 is 2.93 bits per heavy atom. The maximum atomic E-state index is 5.65. The summed E-state index contributed by atoms with van der Waals surface area (Å²) in [6.07, 6.45) is 1.11. The van der Waals surface area contributed by atoms with Gasteiger partial charge in [0.2, 0.25) is 0 Å². The normalized spacial score (nSPS) is 27.2. The van der Waals surface area contributed by atoms with Gasteiger partial charge in [-0.3, -0.25) is 0 Å². The molecule has 1 aliphatic heterocycles. The lowest BCUT2D eigenvalue weighted by Gasteiger charge is -2.17. The van der Waals surface area contributed by atoms with E-state index in [1.807, 2.05) is 6.92 Å². The van der Waals surface area contributed by atoms with Crippen molar-refractivity contribution >= 4 is 6.01 Å². The molecule has 0 radical (unpaired) electrons. The van der Waals surface area contributed by atoms with Crippen LogP contribution in [0, 0.1) is 12.8 Å². The fourth-order valence-corrected chi connectivity index (χ4v) is 1.98. The Bertz CT molecular complexity index is 312. The summed E-state index contributed by atoms with van der Waals surface area (Å²) >= 11 is 0. The van der Waals surface area contributed by atoms with Gasteiger partial charge in [-0.25, -0.2) is 0 Å². The number of aromatic nitrogens is 2. The third-order valence-electron chi connectivity index (χ3n) is 2.76. The highest BCUT2D eigenvalue weighted by molar-refractivity contribution is 5.29. The Morgan fingerprint density at radius 1 is 1.64 bits per heavy atom. The molecule has 1 aromatic rings. The fraction of sp³-hybridized carbons (Fsp3) is 0.778. The number of aryl methyl sites for hydroxylation is 1. The zero-order chi connectivity index (χ0) is 10.1. The van der Waals surface area contributed by atoms with Crippen molar-refractivity contribution in [1.82, 2.24) is 10.1 Å². The van der Waals surface area contributed by atoms with Crippen LogP contribution in [0.2, 0.25) is 0 Å². The van der Waals surface area contributed by atoms with Gasteiger partial charge in [-0.2, -0.15) is 4.98 Å². The molecule has 1 aromatic heterocycles. The molecule has 14 heavy (non-hydrogen) atoms. The van der Waals surface area contributed by atoms with Gasteiger partial charge in [0.1, 0.15) is 0 Å². The third kappa shape index (κ3) is 1.59. The molecule has 0 spiro atoms. The quantitative estimate of drug-likeness (QED) is 0.748. The highest BCUT2D eigenvalue weighted by atomic mass is 16.5. The smallest absolute Gasteiger partial charge is 0.324 e. The Labute approximate surface area is 83.3 Å². The van der Waals surface area contributed by atoms with E-state index in [1.54, 1.807) is 0 Å². The molecule has 0 saturated carbocycles.